The lowest BCUT2D eigenvalue weighted by Crippen LogP contribution is -2.16. The van der Waals surface area contributed by atoms with Crippen LogP contribution in [0.25, 0.3) is 22.3 Å². The lowest BCUT2D eigenvalue weighted by molar-refractivity contribution is 0.475. The fourth-order valence-corrected chi connectivity index (χ4v) is 3.73. The minimum absolute atomic E-state index is 0.0135. The van der Waals surface area contributed by atoms with E-state index in [1.165, 1.54) is 27.8 Å². The van der Waals surface area contributed by atoms with Crippen molar-refractivity contribution in [1.82, 2.24) is 0 Å². The monoisotopic (exact) mass is 286 g/mol. The highest BCUT2D eigenvalue weighted by Crippen LogP contribution is 2.51. The van der Waals surface area contributed by atoms with E-state index in [9.17, 15) is 5.11 Å². The van der Waals surface area contributed by atoms with Gasteiger partial charge in [-0.25, -0.2) is 0 Å². The average molecular weight is 286 g/mol. The smallest absolute Gasteiger partial charge is 0.115 e. The third-order valence-electron chi connectivity index (χ3n) is 4.76. The molecule has 0 fully saturated rings. The van der Waals surface area contributed by atoms with Gasteiger partial charge in [0.15, 0.2) is 0 Å². The summed E-state index contributed by atoms with van der Waals surface area (Å²) >= 11 is 0. The first-order chi connectivity index (χ1) is 10.6. The van der Waals surface area contributed by atoms with Crippen LogP contribution in [0.15, 0.2) is 66.7 Å². The predicted octanol–water partition coefficient (Wildman–Crippen LogP) is 5.37. The van der Waals surface area contributed by atoms with Crippen molar-refractivity contribution in [2.75, 3.05) is 0 Å². The van der Waals surface area contributed by atoms with E-state index >= 15 is 0 Å². The molecule has 0 unspecified atom stereocenters. The van der Waals surface area contributed by atoms with Crippen molar-refractivity contribution < 1.29 is 5.11 Å². The van der Waals surface area contributed by atoms with Crippen molar-refractivity contribution in [2.45, 2.75) is 19.3 Å². The molecule has 1 aliphatic carbocycles. The molecule has 4 rings (SSSR count). The molecule has 1 N–H and O–H groups in total. The molecular weight excluding hydrogens is 268 g/mol. The van der Waals surface area contributed by atoms with Crippen molar-refractivity contribution in [2.24, 2.45) is 0 Å². The Labute approximate surface area is 130 Å². The minimum atomic E-state index is -0.0135. The summed E-state index contributed by atoms with van der Waals surface area (Å²) in [6, 6.07) is 22.7. The van der Waals surface area contributed by atoms with Gasteiger partial charge in [0.05, 0.1) is 0 Å². The van der Waals surface area contributed by atoms with Gasteiger partial charge < -0.3 is 5.11 Å². The molecule has 0 bridgehead atoms. The maximum Gasteiger partial charge on any atom is 0.115 e. The molecule has 0 aromatic heterocycles. The Balaban J connectivity index is 2.02. The summed E-state index contributed by atoms with van der Waals surface area (Å²) in [7, 11) is 0. The quantitative estimate of drug-likeness (QED) is 0.638. The molecule has 0 saturated carbocycles. The van der Waals surface area contributed by atoms with Crippen molar-refractivity contribution in [3.63, 3.8) is 0 Å². The Bertz CT molecular complexity index is 857. The minimum Gasteiger partial charge on any atom is -0.508 e. The van der Waals surface area contributed by atoms with E-state index in [0.29, 0.717) is 5.75 Å². The molecule has 0 saturated heterocycles. The summed E-state index contributed by atoms with van der Waals surface area (Å²) < 4.78 is 0. The first-order valence-corrected chi connectivity index (χ1v) is 7.62. The third-order valence-corrected chi connectivity index (χ3v) is 4.76. The van der Waals surface area contributed by atoms with Gasteiger partial charge in [0, 0.05) is 5.41 Å². The average Bonchev–Trinajstić information content (AvgIpc) is 2.77. The van der Waals surface area contributed by atoms with Crippen molar-refractivity contribution in [1.29, 1.82) is 0 Å². The standard InChI is InChI=1S/C21H18O/c1-21(2)19-9-4-3-6-17(19)18-8-5-7-16(20(18)21)14-10-12-15(22)13-11-14/h3-13,22H,1-2H3. The largest absolute Gasteiger partial charge is 0.508 e. The molecule has 1 heteroatoms. The molecule has 1 nitrogen and oxygen atoms in total. The molecule has 0 amide bonds. The van der Waals surface area contributed by atoms with Crippen LogP contribution in [0.2, 0.25) is 0 Å². The topological polar surface area (TPSA) is 20.2 Å². The number of phenols is 1. The molecule has 0 aliphatic heterocycles. The van der Waals surface area contributed by atoms with Gasteiger partial charge in [-0.3, -0.25) is 0 Å². The molecule has 0 radical (unpaired) electrons. The number of hydrogen-bond donors (Lipinski definition) is 1. The number of rotatable bonds is 1. The van der Waals surface area contributed by atoms with Gasteiger partial charge in [-0.05, 0) is 45.5 Å². The SMILES string of the molecule is CC1(C)c2ccccc2-c2cccc(-c3ccc(O)cc3)c21. The van der Waals surface area contributed by atoms with Crippen LogP contribution >= 0.6 is 0 Å². The van der Waals surface area contributed by atoms with E-state index in [-0.39, 0.29) is 5.41 Å². The van der Waals surface area contributed by atoms with Crippen molar-refractivity contribution in [3.05, 3.63) is 77.9 Å². The van der Waals surface area contributed by atoms with Crippen LogP contribution in [0.4, 0.5) is 0 Å². The van der Waals surface area contributed by atoms with Gasteiger partial charge in [0.1, 0.15) is 5.75 Å². The van der Waals surface area contributed by atoms with Crippen LogP contribution < -0.4 is 0 Å². The summed E-state index contributed by atoms with van der Waals surface area (Å²) in [5.74, 6) is 0.305. The Hall–Kier alpha value is -2.54. The fourth-order valence-electron chi connectivity index (χ4n) is 3.73. The zero-order valence-electron chi connectivity index (χ0n) is 12.8. The van der Waals surface area contributed by atoms with Crippen molar-refractivity contribution in [3.8, 4) is 28.0 Å². The summed E-state index contributed by atoms with van der Waals surface area (Å²) in [5, 5.41) is 9.54. The second kappa shape index (κ2) is 4.48. The number of hydrogen-bond acceptors (Lipinski definition) is 1. The van der Waals surface area contributed by atoms with E-state index in [1.54, 1.807) is 12.1 Å². The molecule has 0 heterocycles. The lowest BCUT2D eigenvalue weighted by atomic mass is 9.79. The first-order valence-electron chi connectivity index (χ1n) is 7.62. The number of benzene rings is 3. The Morgan fingerprint density at radius 3 is 2.09 bits per heavy atom. The predicted molar refractivity (Wildman–Crippen MR) is 91.1 cm³/mol. The Kier molecular flexibility index (Phi) is 2.67. The molecule has 3 aromatic carbocycles. The number of fused-ring (bicyclic) bond motifs is 3. The van der Waals surface area contributed by atoms with E-state index in [0.717, 1.165) is 5.56 Å². The van der Waals surface area contributed by atoms with Crippen LogP contribution in [0.1, 0.15) is 25.0 Å². The van der Waals surface area contributed by atoms with Crippen LogP contribution in [-0.2, 0) is 5.41 Å². The molecule has 22 heavy (non-hydrogen) atoms. The zero-order chi connectivity index (χ0) is 15.3. The van der Waals surface area contributed by atoms with Gasteiger partial charge in [0.2, 0.25) is 0 Å². The maximum atomic E-state index is 9.54. The zero-order valence-corrected chi connectivity index (χ0v) is 12.8. The number of aromatic hydroxyl groups is 1. The Morgan fingerprint density at radius 1 is 0.682 bits per heavy atom. The van der Waals surface area contributed by atoms with E-state index in [2.05, 4.69) is 56.3 Å². The fraction of sp³-hybridized carbons (Fsp3) is 0.143. The van der Waals surface area contributed by atoms with Gasteiger partial charge in [-0.15, -0.1) is 0 Å². The molecule has 108 valence electrons. The second-order valence-electron chi connectivity index (χ2n) is 6.45. The summed E-state index contributed by atoms with van der Waals surface area (Å²) in [6.07, 6.45) is 0. The third kappa shape index (κ3) is 1.72. The van der Waals surface area contributed by atoms with Gasteiger partial charge in [0.25, 0.3) is 0 Å². The van der Waals surface area contributed by atoms with E-state index in [1.807, 2.05) is 12.1 Å². The van der Waals surface area contributed by atoms with Crippen LogP contribution in [-0.4, -0.2) is 5.11 Å². The summed E-state index contributed by atoms with van der Waals surface area (Å²) in [4.78, 5) is 0. The van der Waals surface area contributed by atoms with Gasteiger partial charge >= 0.3 is 0 Å². The summed E-state index contributed by atoms with van der Waals surface area (Å²) in [6.45, 7) is 4.59. The van der Waals surface area contributed by atoms with Gasteiger partial charge in [-0.1, -0.05) is 68.4 Å². The summed E-state index contributed by atoms with van der Waals surface area (Å²) in [5.41, 5.74) is 7.81. The normalized spacial score (nSPS) is 14.5. The van der Waals surface area contributed by atoms with Crippen LogP contribution in [0, 0.1) is 0 Å². The molecular formula is C21H18O. The maximum absolute atomic E-state index is 9.54. The highest BCUT2D eigenvalue weighted by Gasteiger charge is 2.36. The van der Waals surface area contributed by atoms with Crippen LogP contribution in [0.3, 0.4) is 0 Å². The lowest BCUT2D eigenvalue weighted by Gasteiger charge is -2.24. The Morgan fingerprint density at radius 2 is 1.32 bits per heavy atom. The molecule has 0 atom stereocenters. The highest BCUT2D eigenvalue weighted by molar-refractivity contribution is 5.88. The van der Waals surface area contributed by atoms with Gasteiger partial charge in [-0.2, -0.15) is 0 Å². The second-order valence-corrected chi connectivity index (χ2v) is 6.45. The van der Waals surface area contributed by atoms with E-state index in [4.69, 9.17) is 0 Å². The highest BCUT2D eigenvalue weighted by atomic mass is 16.3. The van der Waals surface area contributed by atoms with Crippen molar-refractivity contribution >= 4 is 0 Å². The first kappa shape index (κ1) is 13.1. The number of phenolic OH excluding ortho intramolecular Hbond substituents is 1. The molecule has 1 aliphatic rings. The van der Waals surface area contributed by atoms with E-state index < -0.39 is 0 Å². The molecule has 3 aromatic rings. The molecule has 0 spiro atoms. The van der Waals surface area contributed by atoms with Crippen LogP contribution in [0.5, 0.6) is 5.75 Å².